The standard InChI is InChI=1S/C14H19ClN2O2/c1-5-12-7-6-10(2)13(8-12)17(9-19-16-4)14(18)11(3)15/h6-8,11H,4-5,9H2,1-3H3. The van der Waals surface area contributed by atoms with Gasteiger partial charge in [-0.1, -0.05) is 19.1 Å². The third-order valence-electron chi connectivity index (χ3n) is 2.86. The van der Waals surface area contributed by atoms with Gasteiger partial charge in [-0.2, -0.15) is 0 Å². The lowest BCUT2D eigenvalue weighted by Crippen LogP contribution is -2.37. The predicted octanol–water partition coefficient (Wildman–Crippen LogP) is 3.11. The van der Waals surface area contributed by atoms with E-state index in [2.05, 4.69) is 18.8 Å². The molecule has 1 aromatic carbocycles. The number of alkyl halides is 1. The van der Waals surface area contributed by atoms with E-state index in [1.807, 2.05) is 25.1 Å². The molecule has 0 aliphatic heterocycles. The van der Waals surface area contributed by atoms with Crippen LogP contribution in [-0.4, -0.2) is 24.7 Å². The molecule has 1 amide bonds. The number of benzene rings is 1. The molecule has 0 radical (unpaired) electrons. The van der Waals surface area contributed by atoms with E-state index in [0.29, 0.717) is 0 Å². The molecular formula is C14H19ClN2O2. The van der Waals surface area contributed by atoms with E-state index in [0.717, 1.165) is 23.2 Å². The Balaban J connectivity index is 3.15. The average Bonchev–Trinajstić information content (AvgIpc) is 2.40. The van der Waals surface area contributed by atoms with Crippen LogP contribution < -0.4 is 4.90 Å². The van der Waals surface area contributed by atoms with E-state index in [-0.39, 0.29) is 12.6 Å². The molecule has 19 heavy (non-hydrogen) atoms. The predicted molar refractivity (Wildman–Crippen MR) is 78.9 cm³/mol. The maximum absolute atomic E-state index is 12.2. The van der Waals surface area contributed by atoms with E-state index in [1.54, 1.807) is 6.92 Å². The highest BCUT2D eigenvalue weighted by atomic mass is 35.5. The fourth-order valence-corrected chi connectivity index (χ4v) is 1.85. The number of hydrogen-bond acceptors (Lipinski definition) is 3. The fourth-order valence-electron chi connectivity index (χ4n) is 1.73. The summed E-state index contributed by atoms with van der Waals surface area (Å²) >= 11 is 5.88. The van der Waals surface area contributed by atoms with Gasteiger partial charge in [0.1, 0.15) is 5.38 Å². The molecule has 0 saturated carbocycles. The van der Waals surface area contributed by atoms with Gasteiger partial charge in [-0.05, 0) is 37.5 Å². The summed E-state index contributed by atoms with van der Waals surface area (Å²) < 4.78 is 0. The number of hydrogen-bond donors (Lipinski definition) is 0. The summed E-state index contributed by atoms with van der Waals surface area (Å²) in [6.45, 7) is 8.89. The lowest BCUT2D eigenvalue weighted by atomic mass is 10.1. The Morgan fingerprint density at radius 1 is 1.58 bits per heavy atom. The second-order valence-electron chi connectivity index (χ2n) is 4.24. The monoisotopic (exact) mass is 282 g/mol. The van der Waals surface area contributed by atoms with Crippen LogP contribution >= 0.6 is 11.6 Å². The first-order valence-electron chi connectivity index (χ1n) is 6.14. The minimum Gasteiger partial charge on any atom is -0.374 e. The molecule has 0 aliphatic rings. The zero-order valence-electron chi connectivity index (χ0n) is 11.5. The number of amides is 1. The second kappa shape index (κ2) is 7.14. The number of anilines is 1. The number of carbonyl (C=O) groups excluding carboxylic acids is 1. The van der Waals surface area contributed by atoms with Crippen molar-refractivity contribution in [3.05, 3.63) is 29.3 Å². The van der Waals surface area contributed by atoms with Gasteiger partial charge >= 0.3 is 0 Å². The smallest absolute Gasteiger partial charge is 0.247 e. The Labute approximate surface area is 119 Å². The molecule has 0 aromatic heterocycles. The van der Waals surface area contributed by atoms with Gasteiger partial charge in [0.2, 0.25) is 5.91 Å². The molecular weight excluding hydrogens is 264 g/mol. The largest absolute Gasteiger partial charge is 0.374 e. The maximum atomic E-state index is 12.2. The summed E-state index contributed by atoms with van der Waals surface area (Å²) in [7, 11) is 0. The minimum atomic E-state index is -0.627. The third kappa shape index (κ3) is 3.96. The van der Waals surface area contributed by atoms with Crippen LogP contribution in [0.4, 0.5) is 5.69 Å². The first-order valence-corrected chi connectivity index (χ1v) is 6.57. The topological polar surface area (TPSA) is 41.9 Å². The summed E-state index contributed by atoms with van der Waals surface area (Å²) in [5.74, 6) is -0.221. The molecule has 104 valence electrons. The molecule has 0 fully saturated rings. The van der Waals surface area contributed by atoms with Gasteiger partial charge < -0.3 is 4.84 Å². The van der Waals surface area contributed by atoms with Gasteiger partial charge in [-0.15, -0.1) is 16.8 Å². The van der Waals surface area contributed by atoms with Crippen LogP contribution in [0.3, 0.4) is 0 Å². The second-order valence-corrected chi connectivity index (χ2v) is 4.90. The first kappa shape index (κ1) is 15.5. The van der Waals surface area contributed by atoms with Crippen LogP contribution in [0.1, 0.15) is 25.0 Å². The molecule has 0 bridgehead atoms. The van der Waals surface area contributed by atoms with E-state index in [4.69, 9.17) is 16.4 Å². The summed E-state index contributed by atoms with van der Waals surface area (Å²) in [6.07, 6.45) is 0.895. The van der Waals surface area contributed by atoms with Gasteiger partial charge in [0.05, 0.1) is 5.69 Å². The Morgan fingerprint density at radius 2 is 2.26 bits per heavy atom. The van der Waals surface area contributed by atoms with Crippen molar-refractivity contribution in [3.8, 4) is 0 Å². The molecule has 0 heterocycles. The van der Waals surface area contributed by atoms with Crippen LogP contribution in [0, 0.1) is 6.92 Å². The molecule has 1 atom stereocenters. The lowest BCUT2D eigenvalue weighted by Gasteiger charge is -2.24. The summed E-state index contributed by atoms with van der Waals surface area (Å²) in [6, 6.07) is 5.99. The molecule has 0 spiro atoms. The number of rotatable bonds is 6. The molecule has 0 saturated heterocycles. The van der Waals surface area contributed by atoms with Crippen LogP contribution in [0.15, 0.2) is 23.4 Å². The zero-order valence-corrected chi connectivity index (χ0v) is 12.3. The number of halogens is 1. The number of aryl methyl sites for hydroxylation is 2. The molecule has 0 N–H and O–H groups in total. The van der Waals surface area contributed by atoms with Gasteiger partial charge in [0, 0.05) is 6.72 Å². The highest BCUT2D eigenvalue weighted by Gasteiger charge is 2.22. The van der Waals surface area contributed by atoms with E-state index in [9.17, 15) is 4.79 Å². The highest BCUT2D eigenvalue weighted by Crippen LogP contribution is 2.23. The highest BCUT2D eigenvalue weighted by molar-refractivity contribution is 6.32. The summed E-state index contributed by atoms with van der Waals surface area (Å²) in [5.41, 5.74) is 2.92. The van der Waals surface area contributed by atoms with Crippen molar-refractivity contribution in [2.45, 2.75) is 32.6 Å². The van der Waals surface area contributed by atoms with Gasteiger partial charge in [0.15, 0.2) is 6.73 Å². The van der Waals surface area contributed by atoms with Crippen molar-refractivity contribution in [1.82, 2.24) is 0 Å². The van der Waals surface area contributed by atoms with Crippen LogP contribution in [-0.2, 0) is 16.1 Å². The van der Waals surface area contributed by atoms with E-state index < -0.39 is 5.38 Å². The normalized spacial score (nSPS) is 11.8. The SMILES string of the molecule is C=NOCN(C(=O)C(C)Cl)c1cc(CC)ccc1C. The summed E-state index contributed by atoms with van der Waals surface area (Å²) in [4.78, 5) is 18.6. The number of carbonyl (C=O) groups is 1. The molecule has 1 unspecified atom stereocenters. The van der Waals surface area contributed by atoms with Crippen LogP contribution in [0.25, 0.3) is 0 Å². The Kier molecular flexibility index (Phi) is 5.83. The van der Waals surface area contributed by atoms with Crippen molar-refractivity contribution >= 4 is 29.9 Å². The molecule has 4 nitrogen and oxygen atoms in total. The van der Waals surface area contributed by atoms with Crippen molar-refractivity contribution in [2.75, 3.05) is 11.6 Å². The van der Waals surface area contributed by atoms with Crippen LogP contribution in [0.2, 0.25) is 0 Å². The average molecular weight is 283 g/mol. The lowest BCUT2D eigenvalue weighted by molar-refractivity contribution is -0.119. The molecule has 5 heteroatoms. The van der Waals surface area contributed by atoms with Gasteiger partial charge in [-0.25, -0.2) is 0 Å². The van der Waals surface area contributed by atoms with Crippen molar-refractivity contribution in [1.29, 1.82) is 0 Å². The molecule has 0 aliphatic carbocycles. The van der Waals surface area contributed by atoms with E-state index in [1.165, 1.54) is 4.90 Å². The van der Waals surface area contributed by atoms with Gasteiger partial charge in [0.25, 0.3) is 0 Å². The number of oxime groups is 1. The van der Waals surface area contributed by atoms with Crippen LogP contribution in [0.5, 0.6) is 0 Å². The maximum Gasteiger partial charge on any atom is 0.247 e. The first-order chi connectivity index (χ1) is 9.01. The Morgan fingerprint density at radius 3 is 2.79 bits per heavy atom. The van der Waals surface area contributed by atoms with Crippen molar-refractivity contribution in [2.24, 2.45) is 5.16 Å². The number of nitrogens with zero attached hydrogens (tertiary/aromatic N) is 2. The third-order valence-corrected chi connectivity index (χ3v) is 3.04. The Hall–Kier alpha value is -1.55. The molecule has 1 aromatic rings. The zero-order chi connectivity index (χ0) is 14.4. The Bertz CT molecular complexity index is 461. The van der Waals surface area contributed by atoms with Crippen molar-refractivity contribution < 1.29 is 9.63 Å². The molecule has 1 rings (SSSR count). The van der Waals surface area contributed by atoms with Crippen molar-refractivity contribution in [3.63, 3.8) is 0 Å². The minimum absolute atomic E-state index is 0.00734. The quantitative estimate of drug-likeness (QED) is 0.348. The summed E-state index contributed by atoms with van der Waals surface area (Å²) in [5, 5.41) is 2.70. The fraction of sp³-hybridized carbons (Fsp3) is 0.429. The van der Waals surface area contributed by atoms with E-state index >= 15 is 0 Å². The van der Waals surface area contributed by atoms with Gasteiger partial charge in [-0.3, -0.25) is 9.69 Å².